The van der Waals surface area contributed by atoms with Gasteiger partial charge in [0.05, 0.1) is 18.6 Å². The first-order chi connectivity index (χ1) is 14.1. The maximum absolute atomic E-state index is 13.0. The van der Waals surface area contributed by atoms with Gasteiger partial charge in [0.25, 0.3) is 11.8 Å². The number of hydrogen-bond acceptors (Lipinski definition) is 6. The Kier molecular flexibility index (Phi) is 5.46. The zero-order valence-corrected chi connectivity index (χ0v) is 16.7. The summed E-state index contributed by atoms with van der Waals surface area (Å²) in [5.41, 5.74) is 2.02. The second kappa shape index (κ2) is 8.18. The molecule has 1 fully saturated rings. The van der Waals surface area contributed by atoms with Crippen molar-refractivity contribution in [3.8, 4) is 22.9 Å². The van der Waals surface area contributed by atoms with Gasteiger partial charge in [-0.1, -0.05) is 42.5 Å². The molecule has 1 unspecified atom stereocenters. The summed E-state index contributed by atoms with van der Waals surface area (Å²) >= 11 is 0. The van der Waals surface area contributed by atoms with Crippen LogP contribution in [0.1, 0.15) is 6.42 Å². The molecular formula is C21H21N3O4S. The lowest BCUT2D eigenvalue weighted by Crippen LogP contribution is -2.31. The third kappa shape index (κ3) is 4.08. The molecule has 150 valence electrons. The van der Waals surface area contributed by atoms with Gasteiger partial charge in [-0.3, -0.25) is 0 Å². The van der Waals surface area contributed by atoms with E-state index in [2.05, 4.69) is 9.97 Å². The summed E-state index contributed by atoms with van der Waals surface area (Å²) in [6, 6.07) is 16.8. The third-order valence-corrected chi connectivity index (χ3v) is 6.69. The molecule has 1 atom stereocenters. The number of benzene rings is 2. The van der Waals surface area contributed by atoms with Crippen LogP contribution in [0.2, 0.25) is 0 Å². The van der Waals surface area contributed by atoms with Crippen molar-refractivity contribution in [2.75, 3.05) is 20.2 Å². The molecule has 1 aliphatic rings. The molecule has 7 nitrogen and oxygen atoms in total. The van der Waals surface area contributed by atoms with Crippen LogP contribution in [0.15, 0.2) is 71.9 Å². The molecule has 0 bridgehead atoms. The van der Waals surface area contributed by atoms with Crippen LogP contribution < -0.4 is 9.47 Å². The lowest BCUT2D eigenvalue weighted by Gasteiger charge is -2.17. The third-order valence-electron chi connectivity index (χ3n) is 4.81. The molecule has 3 aromatic rings. The highest BCUT2D eigenvalue weighted by Gasteiger charge is 2.34. The molecule has 0 aliphatic carbocycles. The number of rotatable bonds is 6. The topological polar surface area (TPSA) is 81.6 Å². The minimum atomic E-state index is -3.59. The van der Waals surface area contributed by atoms with Crippen molar-refractivity contribution in [1.29, 1.82) is 0 Å². The molecule has 1 aromatic heterocycles. The molecule has 0 amide bonds. The zero-order valence-electron chi connectivity index (χ0n) is 15.9. The van der Waals surface area contributed by atoms with Gasteiger partial charge in [0.2, 0.25) is 10.0 Å². The van der Waals surface area contributed by atoms with Crippen LogP contribution in [0.3, 0.4) is 0 Å². The standard InChI is InChI=1S/C21H21N3O4S/c1-27-20-21(23-13-12-22-20)28-18-11-14-24(15-18)29(25,26)19-9-7-17(8-10-19)16-5-3-2-4-6-16/h2-10,12-13,18H,11,14-15H2,1H3. The van der Waals surface area contributed by atoms with E-state index in [1.807, 2.05) is 42.5 Å². The Hall–Kier alpha value is -2.97. The number of nitrogens with zero attached hydrogens (tertiary/aromatic N) is 3. The Bertz CT molecular complexity index is 1070. The maximum atomic E-state index is 13.0. The average Bonchev–Trinajstić information content (AvgIpc) is 3.24. The lowest BCUT2D eigenvalue weighted by molar-refractivity contribution is 0.194. The molecule has 29 heavy (non-hydrogen) atoms. The molecule has 0 radical (unpaired) electrons. The average molecular weight is 411 g/mol. The van der Waals surface area contributed by atoms with Gasteiger partial charge >= 0.3 is 0 Å². The zero-order chi connectivity index (χ0) is 20.3. The van der Waals surface area contributed by atoms with E-state index < -0.39 is 10.0 Å². The minimum Gasteiger partial charge on any atom is -0.477 e. The summed E-state index contributed by atoms with van der Waals surface area (Å²) in [7, 11) is -2.10. The van der Waals surface area contributed by atoms with Crippen molar-refractivity contribution < 1.29 is 17.9 Å². The molecule has 8 heteroatoms. The monoisotopic (exact) mass is 411 g/mol. The summed E-state index contributed by atoms with van der Waals surface area (Å²) in [5, 5.41) is 0. The molecule has 4 rings (SSSR count). The van der Waals surface area contributed by atoms with Gasteiger partial charge in [0, 0.05) is 18.9 Å². The van der Waals surface area contributed by atoms with Crippen molar-refractivity contribution in [1.82, 2.24) is 14.3 Å². The number of methoxy groups -OCH3 is 1. The summed E-state index contributed by atoms with van der Waals surface area (Å²) in [6.07, 6.45) is 3.28. The Morgan fingerprint density at radius 1 is 0.931 bits per heavy atom. The Morgan fingerprint density at radius 2 is 1.59 bits per heavy atom. The highest BCUT2D eigenvalue weighted by molar-refractivity contribution is 7.89. The highest BCUT2D eigenvalue weighted by Crippen LogP contribution is 2.28. The molecule has 0 saturated carbocycles. The number of ether oxygens (including phenoxy) is 2. The SMILES string of the molecule is COc1nccnc1OC1CCN(S(=O)(=O)c2ccc(-c3ccccc3)cc2)C1. The first-order valence-electron chi connectivity index (χ1n) is 9.25. The fourth-order valence-electron chi connectivity index (χ4n) is 3.30. The molecule has 0 spiro atoms. The first kappa shape index (κ1) is 19.4. The van der Waals surface area contributed by atoms with E-state index in [4.69, 9.17) is 9.47 Å². The normalized spacial score (nSPS) is 17.2. The van der Waals surface area contributed by atoms with Gasteiger partial charge in [-0.2, -0.15) is 4.31 Å². The van der Waals surface area contributed by atoms with Crippen molar-refractivity contribution in [3.05, 3.63) is 67.0 Å². The quantitative estimate of drug-likeness (QED) is 0.620. The van der Waals surface area contributed by atoms with E-state index in [9.17, 15) is 8.42 Å². The smallest absolute Gasteiger partial charge is 0.278 e. The second-order valence-corrected chi connectivity index (χ2v) is 8.59. The van der Waals surface area contributed by atoms with E-state index in [0.717, 1.165) is 11.1 Å². The summed E-state index contributed by atoms with van der Waals surface area (Å²) in [6.45, 7) is 0.637. The predicted octanol–water partition coefficient (Wildman–Crippen LogP) is 2.99. The van der Waals surface area contributed by atoms with Crippen molar-refractivity contribution in [2.24, 2.45) is 0 Å². The van der Waals surface area contributed by atoms with E-state index in [1.165, 1.54) is 23.8 Å². The Balaban J connectivity index is 1.47. The van der Waals surface area contributed by atoms with Crippen LogP contribution in [0, 0.1) is 0 Å². The highest BCUT2D eigenvalue weighted by atomic mass is 32.2. The van der Waals surface area contributed by atoms with Crippen LogP contribution in [-0.4, -0.2) is 49.0 Å². The largest absolute Gasteiger partial charge is 0.477 e. The van der Waals surface area contributed by atoms with Crippen LogP contribution in [-0.2, 0) is 10.0 Å². The molecule has 1 aliphatic heterocycles. The van der Waals surface area contributed by atoms with Crippen molar-refractivity contribution in [2.45, 2.75) is 17.4 Å². The van der Waals surface area contributed by atoms with E-state index in [-0.39, 0.29) is 29.3 Å². The first-order valence-corrected chi connectivity index (χ1v) is 10.7. The molecule has 2 heterocycles. The number of aromatic nitrogens is 2. The molecule has 0 N–H and O–H groups in total. The van der Waals surface area contributed by atoms with Gasteiger partial charge in [0.1, 0.15) is 6.10 Å². The van der Waals surface area contributed by atoms with Crippen LogP contribution in [0.5, 0.6) is 11.8 Å². The molecule has 2 aromatic carbocycles. The van der Waals surface area contributed by atoms with Crippen LogP contribution in [0.25, 0.3) is 11.1 Å². The lowest BCUT2D eigenvalue weighted by atomic mass is 10.1. The second-order valence-electron chi connectivity index (χ2n) is 6.65. The Labute approximate surface area is 170 Å². The van der Waals surface area contributed by atoms with Gasteiger partial charge in [-0.15, -0.1) is 0 Å². The Morgan fingerprint density at radius 3 is 2.28 bits per heavy atom. The van der Waals surface area contributed by atoms with E-state index >= 15 is 0 Å². The molecule has 1 saturated heterocycles. The minimum absolute atomic E-state index is 0.252. The van der Waals surface area contributed by atoms with E-state index in [0.29, 0.717) is 13.0 Å². The maximum Gasteiger partial charge on any atom is 0.278 e. The predicted molar refractivity (Wildman–Crippen MR) is 108 cm³/mol. The van der Waals surface area contributed by atoms with Gasteiger partial charge in [-0.25, -0.2) is 18.4 Å². The van der Waals surface area contributed by atoms with Gasteiger partial charge < -0.3 is 9.47 Å². The number of hydrogen-bond donors (Lipinski definition) is 0. The van der Waals surface area contributed by atoms with Gasteiger partial charge in [-0.05, 0) is 29.7 Å². The van der Waals surface area contributed by atoms with Crippen LogP contribution >= 0.6 is 0 Å². The fraction of sp³-hybridized carbons (Fsp3) is 0.238. The van der Waals surface area contributed by atoms with Crippen molar-refractivity contribution in [3.63, 3.8) is 0 Å². The summed E-state index contributed by atoms with van der Waals surface area (Å²) in [5.74, 6) is 0.553. The van der Waals surface area contributed by atoms with Crippen LogP contribution in [0.4, 0.5) is 0 Å². The van der Waals surface area contributed by atoms with E-state index in [1.54, 1.807) is 12.1 Å². The van der Waals surface area contributed by atoms with Crippen molar-refractivity contribution >= 4 is 10.0 Å². The fourth-order valence-corrected chi connectivity index (χ4v) is 4.79. The summed E-state index contributed by atoms with van der Waals surface area (Å²) < 4.78 is 38.5. The molecular weight excluding hydrogens is 390 g/mol. The number of sulfonamides is 1. The van der Waals surface area contributed by atoms with Gasteiger partial charge in [0.15, 0.2) is 0 Å². The summed E-state index contributed by atoms with van der Waals surface area (Å²) in [4.78, 5) is 8.44.